The van der Waals surface area contributed by atoms with Crippen molar-refractivity contribution in [3.8, 4) is 0 Å². The Morgan fingerprint density at radius 3 is 2.89 bits per heavy atom. The third-order valence-corrected chi connectivity index (χ3v) is 4.03. The molecule has 0 amide bonds. The number of carboxylic acids is 1. The van der Waals surface area contributed by atoms with Crippen molar-refractivity contribution in [2.45, 2.75) is 43.4 Å². The Morgan fingerprint density at radius 1 is 1.61 bits per heavy atom. The van der Waals surface area contributed by atoms with Crippen LogP contribution in [0.25, 0.3) is 0 Å². The predicted molar refractivity (Wildman–Crippen MR) is 70.1 cm³/mol. The van der Waals surface area contributed by atoms with Gasteiger partial charge in [-0.1, -0.05) is 0 Å². The number of hydrogen-bond donors (Lipinski definition) is 1. The molecule has 18 heavy (non-hydrogen) atoms. The molecule has 1 atom stereocenters. The lowest BCUT2D eigenvalue weighted by Crippen LogP contribution is -2.21. The van der Waals surface area contributed by atoms with Gasteiger partial charge < -0.3 is 9.84 Å². The molecule has 1 unspecified atom stereocenters. The van der Waals surface area contributed by atoms with Gasteiger partial charge in [-0.15, -0.1) is 11.8 Å². The summed E-state index contributed by atoms with van der Waals surface area (Å²) in [6, 6.07) is 3.32. The summed E-state index contributed by atoms with van der Waals surface area (Å²) in [6.45, 7) is 4.22. The molecule has 2 heterocycles. The van der Waals surface area contributed by atoms with Crippen molar-refractivity contribution in [3.05, 3.63) is 23.9 Å². The molecule has 0 aromatic carbocycles. The highest BCUT2D eigenvalue weighted by Gasteiger charge is 2.31. The van der Waals surface area contributed by atoms with Gasteiger partial charge in [0.2, 0.25) is 0 Å². The molecule has 1 fully saturated rings. The third kappa shape index (κ3) is 3.46. The average Bonchev–Trinajstić information content (AvgIpc) is 2.67. The number of carboxylic acid groups (broad SMARTS) is 1. The van der Waals surface area contributed by atoms with Crippen LogP contribution in [0.15, 0.2) is 23.4 Å². The van der Waals surface area contributed by atoms with E-state index in [1.54, 1.807) is 23.9 Å². The van der Waals surface area contributed by atoms with E-state index in [1.807, 2.05) is 0 Å². The van der Waals surface area contributed by atoms with Crippen molar-refractivity contribution in [1.29, 1.82) is 0 Å². The van der Waals surface area contributed by atoms with Gasteiger partial charge in [0.1, 0.15) is 0 Å². The second-order valence-corrected chi connectivity index (χ2v) is 6.08. The highest BCUT2D eigenvalue weighted by molar-refractivity contribution is 7.99. The molecule has 1 saturated heterocycles. The van der Waals surface area contributed by atoms with Crippen LogP contribution < -0.4 is 0 Å². The van der Waals surface area contributed by atoms with E-state index in [2.05, 4.69) is 18.8 Å². The van der Waals surface area contributed by atoms with Crippen LogP contribution in [0.4, 0.5) is 0 Å². The zero-order valence-electron chi connectivity index (χ0n) is 10.5. The largest absolute Gasteiger partial charge is 0.478 e. The molecule has 1 aromatic heterocycles. The van der Waals surface area contributed by atoms with Crippen molar-refractivity contribution in [1.82, 2.24) is 4.98 Å². The Kier molecular flexibility index (Phi) is 3.92. The van der Waals surface area contributed by atoms with Crippen LogP contribution >= 0.6 is 11.8 Å². The Morgan fingerprint density at radius 2 is 2.39 bits per heavy atom. The molecule has 98 valence electrons. The van der Waals surface area contributed by atoms with E-state index in [9.17, 15) is 4.79 Å². The van der Waals surface area contributed by atoms with Crippen molar-refractivity contribution in [3.63, 3.8) is 0 Å². The quantitative estimate of drug-likeness (QED) is 0.850. The van der Waals surface area contributed by atoms with Crippen molar-refractivity contribution < 1.29 is 14.6 Å². The third-order valence-electron chi connectivity index (χ3n) is 2.95. The van der Waals surface area contributed by atoms with Crippen molar-refractivity contribution >= 4 is 17.7 Å². The van der Waals surface area contributed by atoms with Crippen LogP contribution in [-0.4, -0.2) is 33.5 Å². The monoisotopic (exact) mass is 267 g/mol. The second-order valence-electron chi connectivity index (χ2n) is 5.04. The zero-order chi connectivity index (χ0) is 13.2. The lowest BCUT2D eigenvalue weighted by atomic mass is 10.1. The first-order valence-corrected chi connectivity index (χ1v) is 6.95. The summed E-state index contributed by atoms with van der Waals surface area (Å²) in [5.41, 5.74) is 0.212. The average molecular weight is 267 g/mol. The first-order valence-electron chi connectivity index (χ1n) is 5.96. The standard InChI is InChI=1S/C13H17NO3S/c1-13(2)6-5-10(17-13)8-18-11-4-3-9(7-14-11)12(15)16/h3-4,7,10H,5-6,8H2,1-2H3,(H,15,16). The van der Waals surface area contributed by atoms with Crippen molar-refractivity contribution in [2.24, 2.45) is 0 Å². The topological polar surface area (TPSA) is 59.4 Å². The van der Waals surface area contributed by atoms with Crippen LogP contribution in [0.5, 0.6) is 0 Å². The number of nitrogens with zero attached hydrogens (tertiary/aromatic N) is 1. The molecule has 1 aliphatic rings. The number of aromatic carboxylic acids is 1. The number of aromatic nitrogens is 1. The van der Waals surface area contributed by atoms with Gasteiger partial charge in [-0.2, -0.15) is 0 Å². The number of thioether (sulfide) groups is 1. The Labute approximate surface area is 111 Å². The fourth-order valence-electron chi connectivity index (χ4n) is 1.97. The molecule has 0 aliphatic carbocycles. The van der Waals surface area contributed by atoms with Gasteiger partial charge in [0, 0.05) is 11.9 Å². The second kappa shape index (κ2) is 5.28. The SMILES string of the molecule is CC1(C)CCC(CSc2ccc(C(=O)O)cn2)O1. The maximum Gasteiger partial charge on any atom is 0.337 e. The van der Waals surface area contributed by atoms with Crippen LogP contribution in [0.2, 0.25) is 0 Å². The fraction of sp³-hybridized carbons (Fsp3) is 0.538. The minimum absolute atomic E-state index is 0.00811. The normalized spacial score (nSPS) is 22.0. The minimum atomic E-state index is -0.945. The van der Waals surface area contributed by atoms with E-state index < -0.39 is 5.97 Å². The molecular formula is C13H17NO3S. The summed E-state index contributed by atoms with van der Waals surface area (Å²) in [5, 5.41) is 9.61. The first-order chi connectivity index (χ1) is 8.46. The molecule has 5 heteroatoms. The van der Waals surface area contributed by atoms with E-state index in [1.165, 1.54) is 6.20 Å². The molecule has 2 rings (SSSR count). The molecule has 4 nitrogen and oxygen atoms in total. The van der Waals surface area contributed by atoms with E-state index in [-0.39, 0.29) is 17.3 Å². The van der Waals surface area contributed by atoms with Crippen LogP contribution in [0.1, 0.15) is 37.0 Å². The number of rotatable bonds is 4. The lowest BCUT2D eigenvalue weighted by Gasteiger charge is -2.18. The van der Waals surface area contributed by atoms with Gasteiger partial charge in [0.15, 0.2) is 0 Å². The van der Waals surface area contributed by atoms with Gasteiger partial charge in [-0.3, -0.25) is 0 Å². The highest BCUT2D eigenvalue weighted by Crippen LogP contribution is 2.32. The zero-order valence-corrected chi connectivity index (χ0v) is 11.4. The molecule has 0 bridgehead atoms. The Balaban J connectivity index is 1.85. The number of pyridine rings is 1. The summed E-state index contributed by atoms with van der Waals surface area (Å²) in [7, 11) is 0. The number of hydrogen-bond acceptors (Lipinski definition) is 4. The lowest BCUT2D eigenvalue weighted by molar-refractivity contribution is -0.00468. The molecule has 1 N–H and O–H groups in total. The summed E-state index contributed by atoms with van der Waals surface area (Å²) in [5.74, 6) is -0.0806. The number of ether oxygens (including phenoxy) is 1. The van der Waals surface area contributed by atoms with Crippen LogP contribution in [0.3, 0.4) is 0 Å². The highest BCUT2D eigenvalue weighted by atomic mass is 32.2. The summed E-state index contributed by atoms with van der Waals surface area (Å²) < 4.78 is 5.89. The van der Waals surface area contributed by atoms with Gasteiger partial charge in [-0.05, 0) is 38.8 Å². The maximum atomic E-state index is 10.7. The summed E-state index contributed by atoms with van der Waals surface area (Å²) in [6.07, 6.45) is 3.83. The molecule has 0 radical (unpaired) electrons. The first kappa shape index (κ1) is 13.4. The van der Waals surface area contributed by atoms with Gasteiger partial charge in [0.05, 0.1) is 22.3 Å². The van der Waals surface area contributed by atoms with Gasteiger partial charge >= 0.3 is 5.97 Å². The maximum absolute atomic E-state index is 10.7. The van der Waals surface area contributed by atoms with Crippen LogP contribution in [0, 0.1) is 0 Å². The van der Waals surface area contributed by atoms with E-state index in [0.717, 1.165) is 23.6 Å². The Bertz CT molecular complexity index is 430. The summed E-state index contributed by atoms with van der Waals surface area (Å²) >= 11 is 1.61. The van der Waals surface area contributed by atoms with Crippen molar-refractivity contribution in [2.75, 3.05) is 5.75 Å². The fourth-order valence-corrected chi connectivity index (χ4v) is 2.85. The molecular weight excluding hydrogens is 250 g/mol. The van der Waals surface area contributed by atoms with E-state index in [0.29, 0.717) is 0 Å². The van der Waals surface area contributed by atoms with Gasteiger partial charge in [-0.25, -0.2) is 9.78 Å². The van der Waals surface area contributed by atoms with E-state index >= 15 is 0 Å². The smallest absolute Gasteiger partial charge is 0.337 e. The van der Waals surface area contributed by atoms with E-state index in [4.69, 9.17) is 9.84 Å². The molecule has 0 saturated carbocycles. The Hall–Kier alpha value is -1.07. The molecule has 1 aliphatic heterocycles. The van der Waals surface area contributed by atoms with Gasteiger partial charge in [0.25, 0.3) is 0 Å². The molecule has 0 spiro atoms. The minimum Gasteiger partial charge on any atom is -0.478 e. The van der Waals surface area contributed by atoms with Crippen LogP contribution in [-0.2, 0) is 4.74 Å². The predicted octanol–water partition coefficient (Wildman–Crippen LogP) is 2.83. The molecule has 1 aromatic rings. The number of carbonyl (C=O) groups is 1. The summed E-state index contributed by atoms with van der Waals surface area (Å²) in [4.78, 5) is 14.8.